The summed E-state index contributed by atoms with van der Waals surface area (Å²) in [6, 6.07) is 10.6. The number of ether oxygens (including phenoxy) is 2. The highest BCUT2D eigenvalue weighted by Crippen LogP contribution is 2.38. The predicted octanol–water partition coefficient (Wildman–Crippen LogP) is 3.45. The smallest absolute Gasteiger partial charge is 0.251 e. The Hall–Kier alpha value is -2.73. The molecule has 0 aliphatic rings. The Bertz CT molecular complexity index is 839. The molecule has 0 aromatic heterocycles. The van der Waals surface area contributed by atoms with Crippen molar-refractivity contribution in [3.8, 4) is 11.5 Å². The van der Waals surface area contributed by atoms with Crippen molar-refractivity contribution >= 4 is 29.1 Å². The molecule has 27 heavy (non-hydrogen) atoms. The van der Waals surface area contributed by atoms with Gasteiger partial charge < -0.3 is 19.7 Å². The lowest BCUT2D eigenvalue weighted by molar-refractivity contribution is -0.116. The van der Waals surface area contributed by atoms with Gasteiger partial charge >= 0.3 is 0 Å². The highest BCUT2D eigenvalue weighted by molar-refractivity contribution is 6.32. The van der Waals surface area contributed by atoms with E-state index in [0.29, 0.717) is 27.8 Å². The van der Waals surface area contributed by atoms with Gasteiger partial charge in [0.05, 0.1) is 24.9 Å². The van der Waals surface area contributed by atoms with Crippen LogP contribution < -0.4 is 19.7 Å². The zero-order valence-corrected chi connectivity index (χ0v) is 16.6. The number of benzene rings is 2. The van der Waals surface area contributed by atoms with Gasteiger partial charge in [0.25, 0.3) is 5.91 Å². The van der Waals surface area contributed by atoms with Crippen molar-refractivity contribution in [2.75, 3.05) is 32.2 Å². The second-order valence-corrected chi connectivity index (χ2v) is 6.36. The summed E-state index contributed by atoms with van der Waals surface area (Å²) in [5, 5.41) is 3.21. The Kier molecular flexibility index (Phi) is 7.07. The second-order valence-electron chi connectivity index (χ2n) is 5.95. The number of anilines is 1. The summed E-state index contributed by atoms with van der Waals surface area (Å²) in [5.74, 6) is 0.494. The number of carbonyl (C=O) groups is 2. The van der Waals surface area contributed by atoms with Gasteiger partial charge in [0.2, 0.25) is 5.91 Å². The molecule has 2 amide bonds. The molecule has 0 atom stereocenters. The minimum absolute atomic E-state index is 0.192. The van der Waals surface area contributed by atoms with Crippen molar-refractivity contribution < 1.29 is 19.1 Å². The molecule has 0 fully saturated rings. The number of aryl methyl sites for hydroxylation is 1. The van der Waals surface area contributed by atoms with Crippen molar-refractivity contribution in [3.63, 3.8) is 0 Å². The molecule has 0 saturated carbocycles. The summed E-state index contributed by atoms with van der Waals surface area (Å²) in [6.07, 6.45) is 0. The van der Waals surface area contributed by atoms with Gasteiger partial charge in [-0.2, -0.15) is 0 Å². The molecular weight excluding hydrogens is 368 g/mol. The molecule has 0 spiro atoms. The first kappa shape index (κ1) is 20.6. The van der Waals surface area contributed by atoms with E-state index in [2.05, 4.69) is 5.32 Å². The van der Waals surface area contributed by atoms with Gasteiger partial charge in [-0.05, 0) is 19.1 Å². The largest absolute Gasteiger partial charge is 0.495 e. The molecule has 0 aliphatic heterocycles. The number of amides is 2. The normalized spacial score (nSPS) is 10.3. The van der Waals surface area contributed by atoms with E-state index in [-0.39, 0.29) is 24.9 Å². The van der Waals surface area contributed by atoms with Gasteiger partial charge in [0, 0.05) is 37.7 Å². The van der Waals surface area contributed by atoms with Crippen LogP contribution in [-0.2, 0) is 4.79 Å². The Morgan fingerprint density at radius 3 is 2.41 bits per heavy atom. The molecule has 0 unspecified atom stereocenters. The molecule has 7 heteroatoms. The third-order valence-electron chi connectivity index (χ3n) is 4.03. The Morgan fingerprint density at radius 2 is 1.81 bits per heavy atom. The number of carbonyl (C=O) groups excluding carboxylic acids is 2. The number of methoxy groups -OCH3 is 2. The predicted molar refractivity (Wildman–Crippen MR) is 106 cm³/mol. The molecule has 0 radical (unpaired) electrons. The van der Waals surface area contributed by atoms with Crippen LogP contribution in [0.4, 0.5) is 5.69 Å². The van der Waals surface area contributed by atoms with E-state index in [1.165, 1.54) is 26.0 Å². The lowest BCUT2D eigenvalue weighted by Gasteiger charge is -2.24. The molecule has 0 saturated heterocycles. The number of rotatable bonds is 7. The average molecular weight is 391 g/mol. The van der Waals surface area contributed by atoms with Gasteiger partial charge in [-0.1, -0.05) is 29.3 Å². The summed E-state index contributed by atoms with van der Waals surface area (Å²) < 4.78 is 10.6. The first-order chi connectivity index (χ1) is 12.9. The van der Waals surface area contributed by atoms with Crippen LogP contribution in [0.25, 0.3) is 0 Å². The van der Waals surface area contributed by atoms with Gasteiger partial charge in [-0.15, -0.1) is 0 Å². The SMILES string of the molecule is COc1cc(N(CCNC(=O)c2cccc(C)c2)C(C)=O)c(OC)cc1Cl. The molecule has 2 rings (SSSR count). The van der Waals surface area contributed by atoms with Crippen LogP contribution in [0.15, 0.2) is 36.4 Å². The maximum atomic E-state index is 12.3. The second kappa shape index (κ2) is 9.28. The zero-order valence-electron chi connectivity index (χ0n) is 15.8. The van der Waals surface area contributed by atoms with Crippen molar-refractivity contribution in [1.29, 1.82) is 0 Å². The molecule has 0 aliphatic carbocycles. The monoisotopic (exact) mass is 390 g/mol. The maximum Gasteiger partial charge on any atom is 0.251 e. The van der Waals surface area contributed by atoms with E-state index in [0.717, 1.165) is 5.56 Å². The fourth-order valence-corrected chi connectivity index (χ4v) is 2.90. The lowest BCUT2D eigenvalue weighted by Crippen LogP contribution is -2.37. The Labute approximate surface area is 164 Å². The van der Waals surface area contributed by atoms with Crippen LogP contribution in [0.2, 0.25) is 5.02 Å². The van der Waals surface area contributed by atoms with Crippen molar-refractivity contribution in [2.45, 2.75) is 13.8 Å². The van der Waals surface area contributed by atoms with Crippen LogP contribution in [-0.4, -0.2) is 39.1 Å². The highest BCUT2D eigenvalue weighted by Gasteiger charge is 2.19. The molecule has 144 valence electrons. The number of hydrogen-bond donors (Lipinski definition) is 1. The van der Waals surface area contributed by atoms with Crippen LogP contribution in [0.3, 0.4) is 0 Å². The molecule has 0 heterocycles. The van der Waals surface area contributed by atoms with E-state index >= 15 is 0 Å². The summed E-state index contributed by atoms with van der Waals surface area (Å²) >= 11 is 6.13. The summed E-state index contributed by atoms with van der Waals surface area (Å²) in [5.41, 5.74) is 2.11. The van der Waals surface area contributed by atoms with Crippen molar-refractivity contribution in [2.24, 2.45) is 0 Å². The fourth-order valence-electron chi connectivity index (χ4n) is 2.67. The molecule has 0 bridgehead atoms. The van der Waals surface area contributed by atoms with Crippen molar-refractivity contribution in [3.05, 3.63) is 52.5 Å². The number of nitrogens with one attached hydrogen (secondary N) is 1. The summed E-state index contributed by atoms with van der Waals surface area (Å²) in [7, 11) is 3.00. The summed E-state index contributed by atoms with van der Waals surface area (Å²) in [4.78, 5) is 26.0. The Balaban J connectivity index is 2.14. The maximum absolute atomic E-state index is 12.3. The lowest BCUT2D eigenvalue weighted by atomic mass is 10.1. The van der Waals surface area contributed by atoms with Crippen LogP contribution in [0, 0.1) is 6.92 Å². The number of nitrogens with zero attached hydrogens (tertiary/aromatic N) is 1. The van der Waals surface area contributed by atoms with Crippen LogP contribution in [0.5, 0.6) is 11.5 Å². The first-order valence-electron chi connectivity index (χ1n) is 8.42. The number of halogens is 1. The molecule has 2 aromatic carbocycles. The first-order valence-corrected chi connectivity index (χ1v) is 8.79. The highest BCUT2D eigenvalue weighted by atomic mass is 35.5. The Morgan fingerprint density at radius 1 is 1.11 bits per heavy atom. The number of hydrogen-bond acceptors (Lipinski definition) is 4. The molecule has 2 aromatic rings. The van der Waals surface area contributed by atoms with E-state index in [1.54, 1.807) is 18.2 Å². The van der Waals surface area contributed by atoms with E-state index in [9.17, 15) is 9.59 Å². The third-order valence-corrected chi connectivity index (χ3v) is 4.32. The topological polar surface area (TPSA) is 67.9 Å². The van der Waals surface area contributed by atoms with E-state index < -0.39 is 0 Å². The third kappa shape index (κ3) is 5.14. The fraction of sp³-hybridized carbons (Fsp3) is 0.300. The molecular formula is C20H23ClN2O4. The van der Waals surface area contributed by atoms with Crippen molar-refractivity contribution in [1.82, 2.24) is 5.32 Å². The zero-order chi connectivity index (χ0) is 20.0. The average Bonchev–Trinajstić information content (AvgIpc) is 2.64. The molecule has 1 N–H and O–H groups in total. The summed E-state index contributed by atoms with van der Waals surface area (Å²) in [6.45, 7) is 3.92. The van der Waals surface area contributed by atoms with Crippen LogP contribution in [0.1, 0.15) is 22.8 Å². The quantitative estimate of drug-likeness (QED) is 0.786. The van der Waals surface area contributed by atoms with Gasteiger partial charge in [-0.25, -0.2) is 0 Å². The van der Waals surface area contributed by atoms with Gasteiger partial charge in [0.1, 0.15) is 11.5 Å². The van der Waals surface area contributed by atoms with Gasteiger partial charge in [-0.3, -0.25) is 9.59 Å². The standard InChI is InChI=1S/C20H23ClN2O4/c1-13-6-5-7-15(10-13)20(25)22-8-9-23(14(2)24)17-12-18(26-3)16(21)11-19(17)27-4/h5-7,10-12H,8-9H2,1-4H3,(H,22,25). The molecule has 6 nitrogen and oxygen atoms in total. The van der Waals surface area contributed by atoms with Gasteiger partial charge in [0.15, 0.2) is 0 Å². The van der Waals surface area contributed by atoms with E-state index in [4.69, 9.17) is 21.1 Å². The minimum atomic E-state index is -0.192. The van der Waals surface area contributed by atoms with E-state index in [1.807, 2.05) is 25.1 Å². The van der Waals surface area contributed by atoms with Crippen LogP contribution >= 0.6 is 11.6 Å². The minimum Gasteiger partial charge on any atom is -0.495 e.